The molecule has 1 amide bonds. The predicted octanol–water partition coefficient (Wildman–Crippen LogP) is 5.11. The Kier molecular flexibility index (Phi) is 7.16. The number of aromatic nitrogens is 1. The van der Waals surface area contributed by atoms with Crippen molar-refractivity contribution in [3.05, 3.63) is 108 Å². The van der Waals surface area contributed by atoms with E-state index in [-0.39, 0.29) is 19.6 Å². The Balaban J connectivity index is 1.21. The van der Waals surface area contributed by atoms with E-state index in [0.717, 1.165) is 27.9 Å². The van der Waals surface area contributed by atoms with Crippen LogP contribution < -0.4 is 4.74 Å². The fourth-order valence-corrected chi connectivity index (χ4v) is 4.27. The first kappa shape index (κ1) is 24.1. The molecule has 37 heavy (non-hydrogen) atoms. The summed E-state index contributed by atoms with van der Waals surface area (Å²) in [5, 5.41) is 9.73. The molecule has 0 radical (unpaired) electrons. The predicted molar refractivity (Wildman–Crippen MR) is 135 cm³/mol. The number of aliphatic carboxylic acids is 1. The highest BCUT2D eigenvalue weighted by molar-refractivity contribution is 5.81. The summed E-state index contributed by atoms with van der Waals surface area (Å²) < 4.78 is 16.9. The van der Waals surface area contributed by atoms with Gasteiger partial charge in [0.15, 0.2) is 0 Å². The molecule has 3 aromatic carbocycles. The maximum absolute atomic E-state index is 12.8. The van der Waals surface area contributed by atoms with Gasteiger partial charge in [-0.25, -0.2) is 14.6 Å². The second-order valence-corrected chi connectivity index (χ2v) is 8.77. The van der Waals surface area contributed by atoms with Crippen LogP contribution in [0.2, 0.25) is 0 Å². The Labute approximate surface area is 214 Å². The number of nitrogens with zero attached hydrogens (tertiary/aromatic N) is 2. The standard InChI is InChI=1S/C29H26N2O6/c32-28(33)26-16-22-11-12-25(35-14-13-24-19-36-27(30-24)21-9-5-2-6-10-21)15-23(22)17-31(26)29(34)37-18-20-7-3-1-4-8-20/h1-12,15,19,26H,13-14,16-18H2,(H,32,33)/t26-/m1/s1. The fraction of sp³-hybridized carbons (Fsp3) is 0.207. The molecule has 1 atom stereocenters. The SMILES string of the molecule is O=C(O)[C@H]1Cc2ccc(OCCc3coc(-c4ccccc4)n3)cc2CN1C(=O)OCc1ccccc1. The molecule has 8 heteroatoms. The smallest absolute Gasteiger partial charge is 0.411 e. The molecule has 188 valence electrons. The van der Waals surface area contributed by atoms with E-state index >= 15 is 0 Å². The molecule has 0 saturated carbocycles. The van der Waals surface area contributed by atoms with E-state index in [9.17, 15) is 14.7 Å². The van der Waals surface area contributed by atoms with Crippen LogP contribution in [-0.2, 0) is 35.5 Å². The van der Waals surface area contributed by atoms with Crippen molar-refractivity contribution in [2.45, 2.75) is 32.0 Å². The summed E-state index contributed by atoms with van der Waals surface area (Å²) in [6, 6.07) is 23.5. The highest BCUT2D eigenvalue weighted by Crippen LogP contribution is 2.28. The second-order valence-electron chi connectivity index (χ2n) is 8.77. The number of ether oxygens (including phenoxy) is 2. The lowest BCUT2D eigenvalue weighted by atomic mass is 9.94. The Bertz CT molecular complexity index is 1370. The van der Waals surface area contributed by atoms with Crippen molar-refractivity contribution in [2.75, 3.05) is 6.61 Å². The van der Waals surface area contributed by atoms with Crippen molar-refractivity contribution in [2.24, 2.45) is 0 Å². The number of carbonyl (C=O) groups is 2. The van der Waals surface area contributed by atoms with E-state index in [2.05, 4.69) is 4.98 Å². The van der Waals surface area contributed by atoms with E-state index in [1.165, 1.54) is 4.90 Å². The van der Waals surface area contributed by atoms with Gasteiger partial charge in [-0.1, -0.05) is 54.6 Å². The summed E-state index contributed by atoms with van der Waals surface area (Å²) >= 11 is 0. The van der Waals surface area contributed by atoms with E-state index in [4.69, 9.17) is 13.9 Å². The molecule has 1 aliphatic rings. The van der Waals surface area contributed by atoms with Crippen molar-refractivity contribution >= 4 is 12.1 Å². The lowest BCUT2D eigenvalue weighted by Gasteiger charge is -2.33. The second kappa shape index (κ2) is 11.0. The number of carboxylic acids is 1. The third-order valence-corrected chi connectivity index (χ3v) is 6.23. The number of hydrogen-bond donors (Lipinski definition) is 1. The number of rotatable bonds is 8. The number of carboxylic acid groups (broad SMARTS) is 1. The van der Waals surface area contributed by atoms with Crippen molar-refractivity contribution in [3.8, 4) is 17.2 Å². The summed E-state index contributed by atoms with van der Waals surface area (Å²) in [4.78, 5) is 30.5. The van der Waals surface area contributed by atoms with Crippen LogP contribution >= 0.6 is 0 Å². The molecule has 0 spiro atoms. The van der Waals surface area contributed by atoms with Gasteiger partial charge in [-0.3, -0.25) is 4.90 Å². The zero-order valence-electron chi connectivity index (χ0n) is 20.1. The number of amides is 1. The van der Waals surface area contributed by atoms with Crippen LogP contribution in [0.25, 0.3) is 11.5 Å². The quantitative estimate of drug-likeness (QED) is 0.360. The van der Waals surface area contributed by atoms with E-state index in [1.807, 2.05) is 78.9 Å². The Morgan fingerprint density at radius 2 is 1.76 bits per heavy atom. The maximum atomic E-state index is 12.8. The van der Waals surface area contributed by atoms with Gasteiger partial charge in [-0.15, -0.1) is 0 Å². The maximum Gasteiger partial charge on any atom is 0.411 e. The molecule has 4 aromatic rings. The third-order valence-electron chi connectivity index (χ3n) is 6.23. The van der Waals surface area contributed by atoms with Gasteiger partial charge in [0.2, 0.25) is 5.89 Å². The normalized spacial score (nSPS) is 14.6. The zero-order chi connectivity index (χ0) is 25.6. The van der Waals surface area contributed by atoms with Crippen LogP contribution in [0.3, 0.4) is 0 Å². The summed E-state index contributed by atoms with van der Waals surface area (Å²) in [5.74, 6) is 0.138. The van der Waals surface area contributed by atoms with Crippen LogP contribution in [0.1, 0.15) is 22.4 Å². The molecule has 1 aliphatic heterocycles. The number of oxazole rings is 1. The molecule has 0 bridgehead atoms. The molecule has 5 rings (SSSR count). The van der Waals surface area contributed by atoms with Crippen LogP contribution in [0.5, 0.6) is 5.75 Å². The van der Waals surface area contributed by atoms with Crippen molar-refractivity contribution in [3.63, 3.8) is 0 Å². The molecule has 2 heterocycles. The highest BCUT2D eigenvalue weighted by Gasteiger charge is 2.35. The largest absolute Gasteiger partial charge is 0.493 e. The van der Waals surface area contributed by atoms with Crippen LogP contribution in [-0.4, -0.2) is 39.7 Å². The van der Waals surface area contributed by atoms with Crippen molar-refractivity contribution in [1.29, 1.82) is 0 Å². The van der Waals surface area contributed by atoms with Crippen molar-refractivity contribution < 1.29 is 28.6 Å². The molecular weight excluding hydrogens is 472 g/mol. The van der Waals surface area contributed by atoms with Crippen LogP contribution in [0, 0.1) is 0 Å². The number of benzene rings is 3. The summed E-state index contributed by atoms with van der Waals surface area (Å²) in [5.41, 5.74) is 4.23. The van der Waals surface area contributed by atoms with Gasteiger partial charge in [0, 0.05) is 18.4 Å². The molecule has 0 fully saturated rings. The first-order valence-electron chi connectivity index (χ1n) is 12.0. The molecule has 0 unspecified atom stereocenters. The first-order valence-corrected chi connectivity index (χ1v) is 12.0. The minimum absolute atomic E-state index is 0.0759. The van der Waals surface area contributed by atoms with Gasteiger partial charge in [0.05, 0.1) is 18.8 Å². The first-order chi connectivity index (χ1) is 18.1. The highest BCUT2D eigenvalue weighted by atomic mass is 16.6. The van der Waals surface area contributed by atoms with Gasteiger partial charge < -0.3 is 19.0 Å². The van der Waals surface area contributed by atoms with Gasteiger partial charge in [0.1, 0.15) is 24.7 Å². The average Bonchev–Trinajstić information content (AvgIpc) is 3.41. The van der Waals surface area contributed by atoms with Crippen LogP contribution in [0.15, 0.2) is 89.5 Å². The molecule has 0 saturated heterocycles. The van der Waals surface area contributed by atoms with E-state index in [0.29, 0.717) is 24.7 Å². The Hall–Kier alpha value is -4.59. The lowest BCUT2D eigenvalue weighted by Crippen LogP contribution is -2.48. The molecule has 0 aliphatic carbocycles. The summed E-state index contributed by atoms with van der Waals surface area (Å²) in [6.07, 6.45) is 1.73. The van der Waals surface area contributed by atoms with Gasteiger partial charge in [-0.05, 0) is 41.0 Å². The fourth-order valence-electron chi connectivity index (χ4n) is 4.27. The number of carbonyl (C=O) groups excluding carboxylic acids is 1. The van der Waals surface area contributed by atoms with Gasteiger partial charge in [-0.2, -0.15) is 0 Å². The van der Waals surface area contributed by atoms with Gasteiger partial charge in [0.25, 0.3) is 0 Å². The average molecular weight is 499 g/mol. The molecule has 8 nitrogen and oxygen atoms in total. The molecule has 1 aromatic heterocycles. The topological polar surface area (TPSA) is 102 Å². The number of fused-ring (bicyclic) bond motifs is 1. The summed E-state index contributed by atoms with van der Waals surface area (Å²) in [6.45, 7) is 0.591. The van der Waals surface area contributed by atoms with E-state index in [1.54, 1.807) is 6.26 Å². The minimum atomic E-state index is -1.06. The Morgan fingerprint density at radius 3 is 2.51 bits per heavy atom. The minimum Gasteiger partial charge on any atom is -0.493 e. The lowest BCUT2D eigenvalue weighted by molar-refractivity contribution is -0.143. The Morgan fingerprint density at radius 1 is 1.00 bits per heavy atom. The summed E-state index contributed by atoms with van der Waals surface area (Å²) in [7, 11) is 0. The zero-order valence-corrected chi connectivity index (χ0v) is 20.1. The molecular formula is C29H26N2O6. The van der Waals surface area contributed by atoms with Crippen molar-refractivity contribution in [1.82, 2.24) is 9.88 Å². The van der Waals surface area contributed by atoms with Gasteiger partial charge >= 0.3 is 12.1 Å². The third kappa shape index (κ3) is 5.81. The van der Waals surface area contributed by atoms with E-state index < -0.39 is 18.1 Å². The number of hydrogen-bond acceptors (Lipinski definition) is 6. The monoisotopic (exact) mass is 498 g/mol. The molecule has 1 N–H and O–H groups in total. The van der Waals surface area contributed by atoms with Crippen LogP contribution in [0.4, 0.5) is 4.79 Å².